The average Bonchev–Trinajstić information content (AvgIpc) is 2.82. The van der Waals surface area contributed by atoms with Crippen molar-refractivity contribution in [3.63, 3.8) is 0 Å². The van der Waals surface area contributed by atoms with Crippen LogP contribution in [0, 0.1) is 0 Å². The van der Waals surface area contributed by atoms with Crippen LogP contribution in [0.3, 0.4) is 0 Å². The van der Waals surface area contributed by atoms with E-state index in [1.165, 1.54) is 11.8 Å². The Bertz CT molecular complexity index is 635. The largest absolute Gasteiger partial charge is 0.366 e. The van der Waals surface area contributed by atoms with Gasteiger partial charge in [-0.1, -0.05) is 11.8 Å². The number of carbonyl (C=O) groups is 1. The monoisotopic (exact) mass is 260 g/mol. The molecule has 18 heavy (non-hydrogen) atoms. The molecule has 0 bridgehead atoms. The topological polar surface area (TPSA) is 84.7 Å². The van der Waals surface area contributed by atoms with Gasteiger partial charge in [0.25, 0.3) is 5.91 Å². The molecule has 0 fully saturated rings. The van der Waals surface area contributed by atoms with Gasteiger partial charge in [0, 0.05) is 12.4 Å². The van der Waals surface area contributed by atoms with E-state index >= 15 is 0 Å². The number of carbonyl (C=O) groups excluding carboxylic acids is 1. The summed E-state index contributed by atoms with van der Waals surface area (Å²) >= 11 is 1.50. The minimum Gasteiger partial charge on any atom is -0.366 e. The zero-order chi connectivity index (χ0) is 12.7. The van der Waals surface area contributed by atoms with Crippen LogP contribution >= 0.6 is 11.8 Å². The predicted molar refractivity (Wildman–Crippen MR) is 69.5 cm³/mol. The SMILES string of the molecule is CSc1ncc2c(n1)-c1[nH]cc(C(N)=O)c1CC2. The Balaban J connectivity index is 2.19. The summed E-state index contributed by atoms with van der Waals surface area (Å²) in [4.78, 5) is 23.2. The van der Waals surface area contributed by atoms with E-state index in [4.69, 9.17) is 5.73 Å². The summed E-state index contributed by atoms with van der Waals surface area (Å²) in [5.74, 6) is -0.393. The number of aryl methyl sites for hydroxylation is 1. The van der Waals surface area contributed by atoms with Crippen molar-refractivity contribution in [2.75, 3.05) is 6.26 Å². The molecule has 0 saturated heterocycles. The molecule has 3 N–H and O–H groups in total. The Kier molecular flexibility index (Phi) is 2.59. The number of H-pyrrole nitrogens is 1. The van der Waals surface area contributed by atoms with Crippen molar-refractivity contribution >= 4 is 17.7 Å². The highest BCUT2D eigenvalue weighted by Crippen LogP contribution is 2.33. The van der Waals surface area contributed by atoms with Gasteiger partial charge in [0.15, 0.2) is 5.16 Å². The Hall–Kier alpha value is -1.82. The molecule has 3 rings (SSSR count). The van der Waals surface area contributed by atoms with Crippen LogP contribution in [0.25, 0.3) is 11.4 Å². The number of nitrogens with zero attached hydrogens (tertiary/aromatic N) is 2. The van der Waals surface area contributed by atoms with Gasteiger partial charge in [-0.25, -0.2) is 9.97 Å². The second kappa shape index (κ2) is 4.13. The highest BCUT2D eigenvalue weighted by molar-refractivity contribution is 7.98. The number of thioether (sulfide) groups is 1. The number of nitrogens with one attached hydrogen (secondary N) is 1. The number of rotatable bonds is 2. The number of amides is 1. The minimum absolute atomic E-state index is 0.393. The maximum atomic E-state index is 11.3. The third kappa shape index (κ3) is 1.60. The van der Waals surface area contributed by atoms with Crippen molar-refractivity contribution in [1.82, 2.24) is 15.0 Å². The van der Waals surface area contributed by atoms with E-state index in [1.807, 2.05) is 12.5 Å². The van der Waals surface area contributed by atoms with Crippen LogP contribution in [0.1, 0.15) is 21.5 Å². The lowest BCUT2D eigenvalue weighted by Crippen LogP contribution is -2.14. The molecule has 92 valence electrons. The first kappa shape index (κ1) is 11.3. The van der Waals surface area contributed by atoms with E-state index in [0.717, 1.165) is 40.5 Å². The average molecular weight is 260 g/mol. The van der Waals surface area contributed by atoms with Gasteiger partial charge in [0.1, 0.15) is 0 Å². The van der Waals surface area contributed by atoms with Crippen LogP contribution in [0.15, 0.2) is 17.6 Å². The predicted octanol–water partition coefficient (Wildman–Crippen LogP) is 1.39. The van der Waals surface area contributed by atoms with Crippen molar-refractivity contribution in [2.45, 2.75) is 18.0 Å². The molecule has 0 saturated carbocycles. The van der Waals surface area contributed by atoms with E-state index in [9.17, 15) is 4.79 Å². The molecule has 0 radical (unpaired) electrons. The van der Waals surface area contributed by atoms with Crippen LogP contribution in [0.5, 0.6) is 0 Å². The molecule has 1 aliphatic carbocycles. The molecule has 2 heterocycles. The molecule has 0 atom stereocenters. The van der Waals surface area contributed by atoms with Gasteiger partial charge in [-0.2, -0.15) is 0 Å². The maximum Gasteiger partial charge on any atom is 0.250 e. The molecule has 2 aromatic rings. The third-order valence-corrected chi connectivity index (χ3v) is 3.72. The van der Waals surface area contributed by atoms with Crippen LogP contribution in [-0.2, 0) is 12.8 Å². The molecule has 0 aromatic carbocycles. The number of hydrogen-bond donors (Lipinski definition) is 2. The number of aromatic nitrogens is 3. The lowest BCUT2D eigenvalue weighted by Gasteiger charge is -2.16. The molecule has 0 spiro atoms. The number of fused-ring (bicyclic) bond motifs is 3. The molecular weight excluding hydrogens is 248 g/mol. The fraction of sp³-hybridized carbons (Fsp3) is 0.250. The van der Waals surface area contributed by atoms with Crippen LogP contribution in [0.2, 0.25) is 0 Å². The summed E-state index contributed by atoms with van der Waals surface area (Å²) in [6.45, 7) is 0. The van der Waals surface area contributed by atoms with Gasteiger partial charge < -0.3 is 10.7 Å². The van der Waals surface area contributed by atoms with E-state index < -0.39 is 5.91 Å². The zero-order valence-corrected chi connectivity index (χ0v) is 10.7. The normalized spacial score (nSPS) is 12.9. The van der Waals surface area contributed by atoms with Crippen LogP contribution in [-0.4, -0.2) is 27.1 Å². The van der Waals surface area contributed by atoms with Gasteiger partial charge in [-0.05, 0) is 30.2 Å². The highest BCUT2D eigenvalue weighted by atomic mass is 32.2. The second-order valence-electron chi connectivity index (χ2n) is 4.15. The first-order chi connectivity index (χ1) is 8.70. The van der Waals surface area contributed by atoms with Crippen LogP contribution < -0.4 is 5.73 Å². The number of hydrogen-bond acceptors (Lipinski definition) is 4. The van der Waals surface area contributed by atoms with Crippen molar-refractivity contribution in [3.05, 3.63) is 29.1 Å². The van der Waals surface area contributed by atoms with E-state index in [2.05, 4.69) is 15.0 Å². The van der Waals surface area contributed by atoms with Crippen molar-refractivity contribution in [3.8, 4) is 11.4 Å². The van der Waals surface area contributed by atoms with Gasteiger partial charge in [0.05, 0.1) is 17.0 Å². The summed E-state index contributed by atoms with van der Waals surface area (Å²) in [6.07, 6.45) is 7.11. The number of primary amides is 1. The van der Waals surface area contributed by atoms with Crippen molar-refractivity contribution in [2.24, 2.45) is 5.73 Å². The second-order valence-corrected chi connectivity index (χ2v) is 4.92. The molecule has 1 amide bonds. The Morgan fingerprint density at radius 2 is 2.33 bits per heavy atom. The lowest BCUT2D eigenvalue weighted by atomic mass is 9.93. The van der Waals surface area contributed by atoms with Crippen molar-refractivity contribution in [1.29, 1.82) is 0 Å². The van der Waals surface area contributed by atoms with E-state index in [-0.39, 0.29) is 0 Å². The zero-order valence-electron chi connectivity index (χ0n) is 9.86. The summed E-state index contributed by atoms with van der Waals surface area (Å²) < 4.78 is 0. The first-order valence-electron chi connectivity index (χ1n) is 5.61. The smallest absolute Gasteiger partial charge is 0.250 e. The van der Waals surface area contributed by atoms with Gasteiger partial charge in [-0.3, -0.25) is 4.79 Å². The summed E-state index contributed by atoms with van der Waals surface area (Å²) in [6, 6.07) is 0. The highest BCUT2D eigenvalue weighted by Gasteiger charge is 2.24. The number of aromatic amines is 1. The molecule has 5 nitrogen and oxygen atoms in total. The first-order valence-corrected chi connectivity index (χ1v) is 6.83. The Morgan fingerprint density at radius 3 is 3.06 bits per heavy atom. The standard InChI is InChI=1S/C12H12N4OS/c1-18-12-15-4-6-2-3-7-8(11(13)17)5-14-10(7)9(6)16-12/h4-5,14H,2-3H2,1H3,(H2,13,17). The van der Waals surface area contributed by atoms with Gasteiger partial charge in [0.2, 0.25) is 0 Å². The Morgan fingerprint density at radius 1 is 1.50 bits per heavy atom. The minimum atomic E-state index is -0.393. The molecular formula is C12H12N4OS. The summed E-state index contributed by atoms with van der Waals surface area (Å²) in [7, 11) is 0. The van der Waals surface area contributed by atoms with E-state index in [1.54, 1.807) is 6.20 Å². The fourth-order valence-corrected chi connectivity index (χ4v) is 2.63. The molecule has 0 unspecified atom stereocenters. The number of nitrogens with two attached hydrogens (primary N) is 1. The van der Waals surface area contributed by atoms with E-state index in [0.29, 0.717) is 5.56 Å². The molecule has 2 aromatic heterocycles. The van der Waals surface area contributed by atoms with Crippen LogP contribution in [0.4, 0.5) is 0 Å². The maximum absolute atomic E-state index is 11.3. The molecule has 6 heteroatoms. The fourth-order valence-electron chi connectivity index (χ4n) is 2.29. The molecule has 0 aliphatic heterocycles. The van der Waals surface area contributed by atoms with Crippen molar-refractivity contribution < 1.29 is 4.79 Å². The quantitative estimate of drug-likeness (QED) is 0.631. The summed E-state index contributed by atoms with van der Waals surface area (Å²) in [5.41, 5.74) is 9.81. The third-order valence-electron chi connectivity index (χ3n) is 3.16. The van der Waals surface area contributed by atoms with Gasteiger partial charge >= 0.3 is 0 Å². The van der Waals surface area contributed by atoms with Gasteiger partial charge in [-0.15, -0.1) is 0 Å². The molecule has 1 aliphatic rings. The lowest BCUT2D eigenvalue weighted by molar-refractivity contribution is 0.0999. The summed E-state index contributed by atoms with van der Waals surface area (Å²) in [5, 5.41) is 0.733. The Labute approximate surface area is 108 Å².